The Morgan fingerprint density at radius 1 is 1.29 bits per heavy atom. The fourth-order valence-electron chi connectivity index (χ4n) is 3.23. The van der Waals surface area contributed by atoms with Crippen LogP contribution < -0.4 is 5.32 Å². The van der Waals surface area contributed by atoms with E-state index in [9.17, 15) is 9.59 Å². The molecule has 1 unspecified atom stereocenters. The molecule has 1 aromatic heterocycles. The van der Waals surface area contributed by atoms with Gasteiger partial charge in [0.1, 0.15) is 6.04 Å². The number of carbonyl (C=O) groups is 2. The number of ketones is 1. The molecular weight excluding hydrogens is 264 g/mol. The Morgan fingerprint density at radius 3 is 2.48 bits per heavy atom. The van der Waals surface area contributed by atoms with E-state index < -0.39 is 0 Å². The quantitative estimate of drug-likeness (QED) is 0.930. The van der Waals surface area contributed by atoms with Gasteiger partial charge in [0, 0.05) is 29.4 Å². The Balaban J connectivity index is 2.42. The van der Waals surface area contributed by atoms with Crippen LogP contribution in [0.15, 0.2) is 6.07 Å². The Kier molecular flexibility index (Phi) is 4.00. The van der Waals surface area contributed by atoms with E-state index in [1.165, 1.54) is 0 Å². The molecule has 1 aliphatic carbocycles. The van der Waals surface area contributed by atoms with E-state index in [1.54, 1.807) is 0 Å². The van der Waals surface area contributed by atoms with E-state index in [-0.39, 0.29) is 29.2 Å². The van der Waals surface area contributed by atoms with Gasteiger partial charge in [0.05, 0.1) is 0 Å². The van der Waals surface area contributed by atoms with Crippen molar-refractivity contribution in [1.82, 2.24) is 9.88 Å². The van der Waals surface area contributed by atoms with E-state index in [1.807, 2.05) is 38.3 Å². The minimum atomic E-state index is -0.294. The predicted molar refractivity (Wildman–Crippen MR) is 83.6 cm³/mol. The fraction of sp³-hybridized carbons (Fsp3) is 0.647. The van der Waals surface area contributed by atoms with Gasteiger partial charge in [-0.2, -0.15) is 0 Å². The van der Waals surface area contributed by atoms with Crippen LogP contribution in [0.5, 0.6) is 0 Å². The Morgan fingerprint density at radius 2 is 1.90 bits per heavy atom. The molecule has 116 valence electrons. The number of hydrogen-bond donors (Lipinski definition) is 1. The third kappa shape index (κ3) is 3.04. The third-order valence-electron chi connectivity index (χ3n) is 4.12. The van der Waals surface area contributed by atoms with Crippen LogP contribution in [-0.2, 0) is 11.2 Å². The van der Waals surface area contributed by atoms with Gasteiger partial charge in [-0.25, -0.2) is 0 Å². The average Bonchev–Trinajstić information content (AvgIpc) is 2.62. The van der Waals surface area contributed by atoms with Gasteiger partial charge < -0.3 is 9.88 Å². The largest absolute Gasteiger partial charge is 0.352 e. The maximum Gasteiger partial charge on any atom is 0.242 e. The maximum atomic E-state index is 12.3. The number of rotatable bonds is 3. The lowest BCUT2D eigenvalue weighted by Gasteiger charge is -2.31. The van der Waals surface area contributed by atoms with E-state index >= 15 is 0 Å². The Bertz CT molecular complexity index is 582. The molecule has 1 amide bonds. The second kappa shape index (κ2) is 5.32. The molecule has 21 heavy (non-hydrogen) atoms. The first kappa shape index (κ1) is 15.8. The number of nitrogens with zero attached hydrogens (tertiary/aromatic N) is 1. The van der Waals surface area contributed by atoms with Gasteiger partial charge in [-0.1, -0.05) is 13.8 Å². The zero-order valence-electron chi connectivity index (χ0n) is 13.9. The first-order valence-electron chi connectivity index (χ1n) is 7.66. The molecule has 1 atom stereocenters. The number of aryl methyl sites for hydroxylation is 1. The second-order valence-corrected chi connectivity index (χ2v) is 7.30. The number of fused-ring (bicyclic) bond motifs is 1. The number of nitrogens with one attached hydrogen (secondary N) is 1. The highest BCUT2D eigenvalue weighted by Crippen LogP contribution is 2.37. The molecule has 4 heteroatoms. The standard InChI is InChI=1S/C17H26N2O2/c1-10(2)18-16(21)12(4)19-11(3)7-13-14(19)8-17(5,6)9-15(13)20/h7,10,12H,8-9H2,1-6H3,(H,18,21). The highest BCUT2D eigenvalue weighted by atomic mass is 16.2. The highest BCUT2D eigenvalue weighted by Gasteiger charge is 2.35. The summed E-state index contributed by atoms with van der Waals surface area (Å²) in [5, 5.41) is 2.95. The highest BCUT2D eigenvalue weighted by molar-refractivity contribution is 5.99. The summed E-state index contributed by atoms with van der Waals surface area (Å²) < 4.78 is 2.03. The second-order valence-electron chi connectivity index (χ2n) is 7.30. The number of Topliss-reactive ketones (excluding diaryl/α,β-unsaturated/α-hetero) is 1. The molecule has 0 aliphatic heterocycles. The first-order chi connectivity index (χ1) is 9.62. The molecule has 0 aromatic carbocycles. The monoisotopic (exact) mass is 290 g/mol. The summed E-state index contributed by atoms with van der Waals surface area (Å²) in [4.78, 5) is 24.6. The molecule has 0 radical (unpaired) electrons. The van der Waals surface area contributed by atoms with Crippen molar-refractivity contribution in [2.75, 3.05) is 0 Å². The average molecular weight is 290 g/mol. The summed E-state index contributed by atoms with van der Waals surface area (Å²) in [6.07, 6.45) is 1.41. The molecule has 1 heterocycles. The van der Waals surface area contributed by atoms with Crippen LogP contribution in [-0.4, -0.2) is 22.3 Å². The number of aromatic nitrogens is 1. The number of carbonyl (C=O) groups excluding carboxylic acids is 2. The van der Waals surface area contributed by atoms with Gasteiger partial charge in [0.15, 0.2) is 5.78 Å². The minimum absolute atomic E-state index is 0.00216. The lowest BCUT2D eigenvalue weighted by atomic mass is 9.76. The van der Waals surface area contributed by atoms with Crippen molar-refractivity contribution >= 4 is 11.7 Å². The summed E-state index contributed by atoms with van der Waals surface area (Å²) in [5.41, 5.74) is 2.76. The first-order valence-corrected chi connectivity index (χ1v) is 7.66. The van der Waals surface area contributed by atoms with Gasteiger partial charge >= 0.3 is 0 Å². The summed E-state index contributed by atoms with van der Waals surface area (Å²) in [5.74, 6) is 0.196. The lowest BCUT2D eigenvalue weighted by molar-refractivity contribution is -0.124. The van der Waals surface area contributed by atoms with Crippen molar-refractivity contribution in [3.05, 3.63) is 23.0 Å². The summed E-state index contributed by atoms with van der Waals surface area (Å²) in [7, 11) is 0. The molecule has 0 saturated carbocycles. The molecule has 1 N–H and O–H groups in total. The van der Waals surface area contributed by atoms with E-state index in [2.05, 4.69) is 19.2 Å². The van der Waals surface area contributed by atoms with Crippen molar-refractivity contribution in [3.8, 4) is 0 Å². The molecule has 0 fully saturated rings. The van der Waals surface area contributed by atoms with Crippen molar-refractivity contribution in [2.24, 2.45) is 5.41 Å². The Labute approximate surface area is 126 Å². The van der Waals surface area contributed by atoms with Crippen LogP contribution in [0, 0.1) is 12.3 Å². The topological polar surface area (TPSA) is 51.1 Å². The molecule has 2 rings (SSSR count). The number of hydrogen-bond acceptors (Lipinski definition) is 2. The van der Waals surface area contributed by atoms with Gasteiger partial charge in [0.2, 0.25) is 5.91 Å². The number of amides is 1. The van der Waals surface area contributed by atoms with E-state index in [0.29, 0.717) is 6.42 Å². The van der Waals surface area contributed by atoms with Gasteiger partial charge in [0.25, 0.3) is 0 Å². The molecular formula is C17H26N2O2. The van der Waals surface area contributed by atoms with Crippen LogP contribution in [0.3, 0.4) is 0 Å². The molecule has 4 nitrogen and oxygen atoms in total. The third-order valence-corrected chi connectivity index (χ3v) is 4.12. The van der Waals surface area contributed by atoms with Crippen molar-refractivity contribution in [2.45, 2.75) is 66.5 Å². The Hall–Kier alpha value is -1.58. The zero-order chi connectivity index (χ0) is 15.9. The predicted octanol–water partition coefficient (Wildman–Crippen LogP) is 3.04. The fourth-order valence-corrected chi connectivity index (χ4v) is 3.23. The lowest BCUT2D eigenvalue weighted by Crippen LogP contribution is -2.37. The molecule has 1 aliphatic rings. The van der Waals surface area contributed by atoms with Gasteiger partial charge in [-0.3, -0.25) is 9.59 Å². The van der Waals surface area contributed by atoms with Gasteiger partial charge in [-0.05, 0) is 45.6 Å². The minimum Gasteiger partial charge on any atom is -0.352 e. The summed E-state index contributed by atoms with van der Waals surface area (Å²) in [6.45, 7) is 12.0. The molecule has 0 saturated heterocycles. The smallest absolute Gasteiger partial charge is 0.242 e. The van der Waals surface area contributed by atoms with Crippen molar-refractivity contribution in [1.29, 1.82) is 0 Å². The van der Waals surface area contributed by atoms with Crippen LogP contribution in [0.4, 0.5) is 0 Å². The van der Waals surface area contributed by atoms with Crippen molar-refractivity contribution < 1.29 is 9.59 Å². The zero-order valence-corrected chi connectivity index (χ0v) is 13.9. The summed E-state index contributed by atoms with van der Waals surface area (Å²) >= 11 is 0. The maximum absolute atomic E-state index is 12.3. The van der Waals surface area contributed by atoms with E-state index in [4.69, 9.17) is 0 Å². The van der Waals surface area contributed by atoms with E-state index in [0.717, 1.165) is 23.4 Å². The molecule has 1 aromatic rings. The molecule has 0 bridgehead atoms. The van der Waals surface area contributed by atoms with Crippen LogP contribution >= 0.6 is 0 Å². The van der Waals surface area contributed by atoms with Gasteiger partial charge in [-0.15, -0.1) is 0 Å². The van der Waals surface area contributed by atoms with Crippen LogP contribution in [0.25, 0.3) is 0 Å². The van der Waals surface area contributed by atoms with Crippen molar-refractivity contribution in [3.63, 3.8) is 0 Å². The van der Waals surface area contributed by atoms with Crippen LogP contribution in [0.1, 0.15) is 68.8 Å². The molecule has 0 spiro atoms. The van der Waals surface area contributed by atoms with Crippen LogP contribution in [0.2, 0.25) is 0 Å². The normalized spacial score (nSPS) is 18.5. The SMILES string of the molecule is Cc1cc2c(n1C(C)C(=O)NC(C)C)CC(C)(C)CC2=O. The summed E-state index contributed by atoms with van der Waals surface area (Å²) in [6, 6.07) is 1.76.